The molecule has 6 nitrogen and oxygen atoms in total. The van der Waals surface area contributed by atoms with Crippen molar-refractivity contribution >= 4 is 5.82 Å². The van der Waals surface area contributed by atoms with Gasteiger partial charge in [-0.15, -0.1) is 0 Å². The number of nitrogens with one attached hydrogen (secondary N) is 1. The normalized spacial score (nSPS) is 10.9. The predicted octanol–water partition coefficient (Wildman–Crippen LogP) is 3.43. The molecule has 21 heavy (non-hydrogen) atoms. The van der Waals surface area contributed by atoms with Gasteiger partial charge in [0.05, 0.1) is 18.0 Å². The van der Waals surface area contributed by atoms with Crippen LogP contribution in [0.15, 0.2) is 18.7 Å². The van der Waals surface area contributed by atoms with Gasteiger partial charge in [0.15, 0.2) is 5.75 Å². The molecule has 0 bridgehead atoms. The molecule has 0 saturated carbocycles. The van der Waals surface area contributed by atoms with Crippen molar-refractivity contribution < 1.29 is 4.74 Å². The summed E-state index contributed by atoms with van der Waals surface area (Å²) in [6.07, 6.45) is 7.00. The third kappa shape index (κ3) is 3.71. The zero-order chi connectivity index (χ0) is 15.2. The highest BCUT2D eigenvalue weighted by Gasteiger charge is 2.13. The summed E-state index contributed by atoms with van der Waals surface area (Å²) in [5.74, 6) is 2.15. The first-order valence-corrected chi connectivity index (χ1v) is 7.45. The highest BCUT2D eigenvalue weighted by atomic mass is 16.5. The lowest BCUT2D eigenvalue weighted by molar-refractivity contribution is 0.451. The molecule has 6 heteroatoms. The lowest BCUT2D eigenvalue weighted by atomic mass is 10.1. The Kier molecular flexibility index (Phi) is 5.14. The van der Waals surface area contributed by atoms with Crippen LogP contribution in [0.25, 0.3) is 0 Å². The van der Waals surface area contributed by atoms with E-state index in [2.05, 4.69) is 41.2 Å². The molecular formula is C15H23N5O. The van der Waals surface area contributed by atoms with Gasteiger partial charge in [-0.25, -0.2) is 9.97 Å². The van der Waals surface area contributed by atoms with Crippen LogP contribution in [0.2, 0.25) is 0 Å². The Balaban J connectivity index is 2.27. The van der Waals surface area contributed by atoms with Crippen LogP contribution in [0, 0.1) is 0 Å². The number of rotatable bonds is 7. The van der Waals surface area contributed by atoms with Gasteiger partial charge < -0.3 is 10.1 Å². The fourth-order valence-electron chi connectivity index (χ4n) is 2.05. The lowest BCUT2D eigenvalue weighted by Crippen LogP contribution is -2.06. The fraction of sp³-hybridized carbons (Fsp3) is 0.533. The summed E-state index contributed by atoms with van der Waals surface area (Å²) in [5, 5.41) is 7.54. The van der Waals surface area contributed by atoms with Crippen LogP contribution in [0.5, 0.6) is 11.6 Å². The van der Waals surface area contributed by atoms with Gasteiger partial charge in [0.2, 0.25) is 5.88 Å². The van der Waals surface area contributed by atoms with Crippen molar-refractivity contribution in [3.63, 3.8) is 0 Å². The van der Waals surface area contributed by atoms with Gasteiger partial charge >= 0.3 is 0 Å². The Hall–Kier alpha value is -2.11. The Labute approximate surface area is 125 Å². The molecule has 0 fully saturated rings. The van der Waals surface area contributed by atoms with Crippen LogP contribution in [0.4, 0.5) is 5.82 Å². The third-order valence-electron chi connectivity index (χ3n) is 3.07. The molecule has 2 aromatic rings. The molecule has 0 spiro atoms. The molecule has 0 amide bonds. The van der Waals surface area contributed by atoms with E-state index in [1.807, 2.05) is 17.8 Å². The SMILES string of the molecule is CCCc1c(NCC)ncnc1Oc1cnn(C(C)C)c1. The number of nitrogens with zero attached hydrogens (tertiary/aromatic N) is 4. The van der Waals surface area contributed by atoms with E-state index >= 15 is 0 Å². The molecule has 0 radical (unpaired) electrons. The van der Waals surface area contributed by atoms with E-state index in [1.54, 1.807) is 6.20 Å². The topological polar surface area (TPSA) is 64.9 Å². The van der Waals surface area contributed by atoms with Gasteiger partial charge in [-0.2, -0.15) is 5.10 Å². The maximum absolute atomic E-state index is 5.91. The van der Waals surface area contributed by atoms with Gasteiger partial charge in [-0.3, -0.25) is 4.68 Å². The minimum Gasteiger partial charge on any atom is -0.435 e. The van der Waals surface area contributed by atoms with Crippen molar-refractivity contribution in [1.29, 1.82) is 0 Å². The molecule has 0 saturated heterocycles. The van der Waals surface area contributed by atoms with Crippen LogP contribution < -0.4 is 10.1 Å². The smallest absolute Gasteiger partial charge is 0.227 e. The van der Waals surface area contributed by atoms with E-state index < -0.39 is 0 Å². The third-order valence-corrected chi connectivity index (χ3v) is 3.07. The molecule has 2 rings (SSSR count). The Morgan fingerprint density at radius 3 is 2.71 bits per heavy atom. The van der Waals surface area contributed by atoms with Crippen LogP contribution in [-0.4, -0.2) is 26.3 Å². The van der Waals surface area contributed by atoms with Crippen LogP contribution in [0.1, 0.15) is 45.7 Å². The minimum absolute atomic E-state index is 0.306. The van der Waals surface area contributed by atoms with E-state index in [0.29, 0.717) is 17.7 Å². The largest absolute Gasteiger partial charge is 0.435 e. The first-order chi connectivity index (χ1) is 10.2. The van der Waals surface area contributed by atoms with Crippen molar-refractivity contribution in [3.8, 4) is 11.6 Å². The van der Waals surface area contributed by atoms with Gasteiger partial charge in [0.25, 0.3) is 0 Å². The molecule has 0 atom stereocenters. The zero-order valence-corrected chi connectivity index (χ0v) is 13.1. The molecule has 1 N–H and O–H groups in total. The second-order valence-corrected chi connectivity index (χ2v) is 5.14. The van der Waals surface area contributed by atoms with Crippen molar-refractivity contribution in [1.82, 2.24) is 19.7 Å². The maximum Gasteiger partial charge on any atom is 0.227 e. The van der Waals surface area contributed by atoms with Gasteiger partial charge in [-0.1, -0.05) is 13.3 Å². The second kappa shape index (κ2) is 7.06. The van der Waals surface area contributed by atoms with E-state index in [9.17, 15) is 0 Å². The van der Waals surface area contributed by atoms with Crippen molar-refractivity contribution in [3.05, 3.63) is 24.3 Å². The van der Waals surface area contributed by atoms with Crippen LogP contribution in [-0.2, 0) is 6.42 Å². The molecule has 2 heterocycles. The molecule has 0 aliphatic heterocycles. The first-order valence-electron chi connectivity index (χ1n) is 7.45. The standard InChI is InChI=1S/C15H23N5O/c1-5-7-13-14(16-6-2)17-10-18-15(13)21-12-8-19-20(9-12)11(3)4/h8-11H,5-7H2,1-4H3,(H,16,17,18). The fourth-order valence-corrected chi connectivity index (χ4v) is 2.05. The molecule has 2 aromatic heterocycles. The zero-order valence-electron chi connectivity index (χ0n) is 13.1. The number of aromatic nitrogens is 4. The Morgan fingerprint density at radius 1 is 1.29 bits per heavy atom. The minimum atomic E-state index is 0.306. The summed E-state index contributed by atoms with van der Waals surface area (Å²) in [7, 11) is 0. The maximum atomic E-state index is 5.91. The highest BCUT2D eigenvalue weighted by molar-refractivity contribution is 5.49. The lowest BCUT2D eigenvalue weighted by Gasteiger charge is -2.12. The van der Waals surface area contributed by atoms with Gasteiger partial charge in [0.1, 0.15) is 12.1 Å². The van der Waals surface area contributed by atoms with Crippen molar-refractivity contribution in [2.75, 3.05) is 11.9 Å². The summed E-state index contributed by atoms with van der Waals surface area (Å²) in [6, 6.07) is 0.306. The second-order valence-electron chi connectivity index (χ2n) is 5.14. The summed E-state index contributed by atoms with van der Waals surface area (Å²) < 4.78 is 7.77. The summed E-state index contributed by atoms with van der Waals surface area (Å²) in [5.41, 5.74) is 1.01. The Morgan fingerprint density at radius 2 is 2.10 bits per heavy atom. The average Bonchev–Trinajstić information content (AvgIpc) is 2.91. The van der Waals surface area contributed by atoms with E-state index in [4.69, 9.17) is 4.74 Å². The van der Waals surface area contributed by atoms with Crippen molar-refractivity contribution in [2.45, 2.75) is 46.6 Å². The molecule has 0 aliphatic rings. The molecule has 0 aliphatic carbocycles. The van der Waals surface area contributed by atoms with Crippen LogP contribution >= 0.6 is 0 Å². The van der Waals surface area contributed by atoms with Gasteiger partial charge in [-0.05, 0) is 27.2 Å². The molecule has 114 valence electrons. The quantitative estimate of drug-likeness (QED) is 0.846. The Bertz CT molecular complexity index is 579. The monoisotopic (exact) mass is 289 g/mol. The summed E-state index contributed by atoms with van der Waals surface area (Å²) >= 11 is 0. The predicted molar refractivity (Wildman–Crippen MR) is 82.9 cm³/mol. The van der Waals surface area contributed by atoms with E-state index in [-0.39, 0.29) is 0 Å². The number of hydrogen-bond acceptors (Lipinski definition) is 5. The van der Waals surface area contributed by atoms with Gasteiger partial charge in [0, 0.05) is 12.6 Å². The molecule has 0 aromatic carbocycles. The highest BCUT2D eigenvalue weighted by Crippen LogP contribution is 2.28. The number of hydrogen-bond donors (Lipinski definition) is 1. The summed E-state index contributed by atoms with van der Waals surface area (Å²) in [4.78, 5) is 8.58. The van der Waals surface area contributed by atoms with E-state index in [1.165, 1.54) is 6.33 Å². The number of anilines is 1. The van der Waals surface area contributed by atoms with E-state index in [0.717, 1.165) is 30.8 Å². The van der Waals surface area contributed by atoms with Crippen molar-refractivity contribution in [2.24, 2.45) is 0 Å². The average molecular weight is 289 g/mol. The number of ether oxygens (including phenoxy) is 1. The summed E-state index contributed by atoms with van der Waals surface area (Å²) in [6.45, 7) is 9.15. The first kappa shape index (κ1) is 15.3. The molecule has 0 unspecified atom stereocenters. The van der Waals surface area contributed by atoms with Crippen LogP contribution in [0.3, 0.4) is 0 Å². The molecular weight excluding hydrogens is 266 g/mol.